The summed E-state index contributed by atoms with van der Waals surface area (Å²) in [4.78, 5) is 0. The molecular weight excluding hydrogens is 208 g/mol. The first kappa shape index (κ1) is 49.6. The van der Waals surface area contributed by atoms with Gasteiger partial charge in [0, 0.05) is 0 Å². The van der Waals surface area contributed by atoms with Crippen molar-refractivity contribution in [1.82, 2.24) is 0 Å². The Hall–Kier alpha value is -0.400. The Bertz CT molecular complexity index is 52.1. The van der Waals surface area contributed by atoms with Crippen LogP contribution in [0.1, 0.15) is 0 Å². The van der Waals surface area contributed by atoms with Crippen molar-refractivity contribution in [2.24, 2.45) is 0 Å². The van der Waals surface area contributed by atoms with Crippen LogP contribution in [-0.2, 0) is 0 Å². The van der Waals surface area contributed by atoms with E-state index in [-0.39, 0.29) is 32.9 Å². The second-order valence-corrected chi connectivity index (χ2v) is 1.50. The van der Waals surface area contributed by atoms with Crippen LogP contribution in [0.15, 0.2) is 0 Å². The maximum absolute atomic E-state index is 8.47. The smallest absolute Gasteiger partial charge is 0.105 e. The molecule has 0 radical (unpaired) electrons. The van der Waals surface area contributed by atoms with Crippen LogP contribution >= 0.6 is 0 Å². The maximum Gasteiger partial charge on any atom is 0.105 e. The summed E-state index contributed by atoms with van der Waals surface area (Å²) in [5.74, 6) is 0. The first-order valence-electron chi connectivity index (χ1n) is 2.30. The van der Waals surface area contributed by atoms with E-state index in [1.165, 1.54) is 0 Å². The molecule has 0 aromatic rings. The Morgan fingerprint density at radius 1 is 0.571 bits per heavy atom. The second kappa shape index (κ2) is 29.4. The standard InChI is InChI=1S/C4H10O4.6H2O/c5-1-3(7)4(8)2-6;;;;;;/h3-8H,1-2H2;6*1H2/t3-,4+;;;;;;. The minimum absolute atomic E-state index is 0. The molecule has 0 aliphatic rings. The number of hydrogen-bond acceptors (Lipinski definition) is 4. The SMILES string of the molecule is O.O.O.O.O.O.OC[C@@H](O)[C@@H](O)CO. The third kappa shape index (κ3) is 22.6. The summed E-state index contributed by atoms with van der Waals surface area (Å²) < 4.78 is 0. The van der Waals surface area contributed by atoms with E-state index in [9.17, 15) is 0 Å². The van der Waals surface area contributed by atoms with E-state index in [4.69, 9.17) is 20.4 Å². The van der Waals surface area contributed by atoms with Crippen LogP contribution in [0.5, 0.6) is 0 Å². The van der Waals surface area contributed by atoms with E-state index in [2.05, 4.69) is 0 Å². The maximum atomic E-state index is 8.47. The monoisotopic (exact) mass is 230 g/mol. The third-order valence-corrected chi connectivity index (χ3v) is 0.818. The van der Waals surface area contributed by atoms with Gasteiger partial charge in [-0.05, 0) is 0 Å². The van der Waals surface area contributed by atoms with Gasteiger partial charge in [-0.2, -0.15) is 0 Å². The van der Waals surface area contributed by atoms with Gasteiger partial charge in [-0.1, -0.05) is 0 Å². The highest BCUT2D eigenvalue weighted by Crippen LogP contribution is 1.88. The molecule has 10 nitrogen and oxygen atoms in total. The summed E-state index contributed by atoms with van der Waals surface area (Å²) in [6.45, 7) is -1.05. The summed E-state index contributed by atoms with van der Waals surface area (Å²) in [7, 11) is 0. The molecule has 0 unspecified atom stereocenters. The summed E-state index contributed by atoms with van der Waals surface area (Å²) in [6.07, 6.45) is -2.44. The molecule has 14 heavy (non-hydrogen) atoms. The van der Waals surface area contributed by atoms with Crippen molar-refractivity contribution in [1.29, 1.82) is 0 Å². The van der Waals surface area contributed by atoms with Gasteiger partial charge in [-0.15, -0.1) is 0 Å². The summed E-state index contributed by atoms with van der Waals surface area (Å²) in [5.41, 5.74) is 0. The first-order valence-corrected chi connectivity index (χ1v) is 2.30. The highest BCUT2D eigenvalue weighted by atomic mass is 16.4. The van der Waals surface area contributed by atoms with Crippen LogP contribution in [-0.4, -0.2) is 78.7 Å². The van der Waals surface area contributed by atoms with Gasteiger partial charge in [0.25, 0.3) is 0 Å². The molecule has 0 heterocycles. The molecule has 16 N–H and O–H groups in total. The van der Waals surface area contributed by atoms with Gasteiger partial charge in [0.2, 0.25) is 0 Å². The molecule has 0 rings (SSSR count). The molecule has 0 saturated carbocycles. The molecule has 0 aromatic heterocycles. The average molecular weight is 230 g/mol. The fraction of sp³-hybridized carbons (Fsp3) is 1.00. The molecule has 0 fully saturated rings. The molecule has 0 aromatic carbocycles. The Labute approximate surface area is 79.9 Å². The predicted molar refractivity (Wildman–Crippen MR) is 47.9 cm³/mol. The molecular formula is C4H22O10. The zero-order valence-electron chi connectivity index (χ0n) is 7.36. The molecule has 98 valence electrons. The average Bonchev–Trinajstić information content (AvgIpc) is 1.84. The number of aliphatic hydroxyl groups excluding tert-OH is 4. The van der Waals surface area contributed by atoms with Crippen molar-refractivity contribution in [3.05, 3.63) is 0 Å². The Morgan fingerprint density at radius 3 is 0.786 bits per heavy atom. The lowest BCUT2D eigenvalue weighted by molar-refractivity contribution is -0.0388. The quantitative estimate of drug-likeness (QED) is 0.367. The Kier molecular flexibility index (Phi) is 104. The molecule has 0 bridgehead atoms. The van der Waals surface area contributed by atoms with Gasteiger partial charge in [-0.3, -0.25) is 0 Å². The zero-order chi connectivity index (χ0) is 6.57. The van der Waals surface area contributed by atoms with Gasteiger partial charge in [0.05, 0.1) is 13.2 Å². The predicted octanol–water partition coefficient (Wildman–Crippen LogP) is -7.26. The highest BCUT2D eigenvalue weighted by Gasteiger charge is 2.12. The van der Waals surface area contributed by atoms with E-state index in [1.54, 1.807) is 0 Å². The molecule has 2 atom stereocenters. The van der Waals surface area contributed by atoms with Crippen molar-refractivity contribution in [2.75, 3.05) is 13.2 Å². The van der Waals surface area contributed by atoms with Crippen LogP contribution in [0.25, 0.3) is 0 Å². The van der Waals surface area contributed by atoms with Crippen molar-refractivity contribution >= 4 is 0 Å². The third-order valence-electron chi connectivity index (χ3n) is 0.818. The van der Waals surface area contributed by atoms with Crippen LogP contribution in [0, 0.1) is 0 Å². The van der Waals surface area contributed by atoms with Gasteiger partial charge < -0.3 is 53.3 Å². The van der Waals surface area contributed by atoms with Crippen LogP contribution in [0.2, 0.25) is 0 Å². The molecule has 0 amide bonds. The van der Waals surface area contributed by atoms with E-state index in [0.29, 0.717) is 0 Å². The summed E-state index contributed by atoms with van der Waals surface area (Å²) in [6, 6.07) is 0. The lowest BCUT2D eigenvalue weighted by Gasteiger charge is -2.10. The minimum Gasteiger partial charge on any atom is -0.412 e. The topological polar surface area (TPSA) is 270 Å². The molecule has 0 spiro atoms. The second-order valence-electron chi connectivity index (χ2n) is 1.50. The molecule has 10 heteroatoms. The molecule has 0 aliphatic carbocycles. The van der Waals surface area contributed by atoms with Crippen LogP contribution in [0.4, 0.5) is 0 Å². The molecule has 0 aliphatic heterocycles. The minimum atomic E-state index is -1.22. The highest BCUT2D eigenvalue weighted by molar-refractivity contribution is 4.62. The zero-order valence-corrected chi connectivity index (χ0v) is 7.36. The number of hydrogen-bond donors (Lipinski definition) is 4. The fourth-order valence-electron chi connectivity index (χ4n) is 0.243. The van der Waals surface area contributed by atoms with E-state index in [1.807, 2.05) is 0 Å². The first-order chi connectivity index (χ1) is 3.72. The van der Waals surface area contributed by atoms with Gasteiger partial charge in [-0.25, -0.2) is 0 Å². The summed E-state index contributed by atoms with van der Waals surface area (Å²) in [5, 5.41) is 33.2. The van der Waals surface area contributed by atoms with Crippen molar-refractivity contribution in [2.45, 2.75) is 12.2 Å². The van der Waals surface area contributed by atoms with E-state index in [0.717, 1.165) is 0 Å². The number of rotatable bonds is 3. The molecule has 0 saturated heterocycles. The van der Waals surface area contributed by atoms with Crippen molar-refractivity contribution in [3.8, 4) is 0 Å². The van der Waals surface area contributed by atoms with E-state index >= 15 is 0 Å². The number of aliphatic hydroxyl groups is 4. The van der Waals surface area contributed by atoms with Crippen molar-refractivity contribution in [3.63, 3.8) is 0 Å². The summed E-state index contributed by atoms with van der Waals surface area (Å²) >= 11 is 0. The lowest BCUT2D eigenvalue weighted by atomic mass is 10.2. The fourth-order valence-corrected chi connectivity index (χ4v) is 0.243. The largest absolute Gasteiger partial charge is 0.412 e. The van der Waals surface area contributed by atoms with E-state index < -0.39 is 25.4 Å². The van der Waals surface area contributed by atoms with Gasteiger partial charge in [0.15, 0.2) is 0 Å². The van der Waals surface area contributed by atoms with Crippen molar-refractivity contribution < 1.29 is 53.3 Å². The van der Waals surface area contributed by atoms with Crippen LogP contribution in [0.3, 0.4) is 0 Å². The lowest BCUT2D eigenvalue weighted by Crippen LogP contribution is -2.31. The van der Waals surface area contributed by atoms with Crippen LogP contribution < -0.4 is 0 Å². The normalized spacial score (nSPS) is 10.3. The van der Waals surface area contributed by atoms with Gasteiger partial charge >= 0.3 is 0 Å². The Balaban J connectivity index is -0.0000000163. The van der Waals surface area contributed by atoms with Gasteiger partial charge in [0.1, 0.15) is 12.2 Å². The Morgan fingerprint density at radius 2 is 0.714 bits per heavy atom.